The summed E-state index contributed by atoms with van der Waals surface area (Å²) >= 11 is 2.19. The van der Waals surface area contributed by atoms with Crippen molar-refractivity contribution in [3.05, 3.63) is 63.7 Å². The van der Waals surface area contributed by atoms with Crippen LogP contribution in [0.4, 0.5) is 5.69 Å². The Kier molecular flexibility index (Phi) is 5.48. The molecule has 1 heterocycles. The molecule has 6 heteroatoms. The lowest BCUT2D eigenvalue weighted by molar-refractivity contribution is -0.142. The van der Waals surface area contributed by atoms with E-state index in [1.807, 2.05) is 30.3 Å². The Bertz CT molecular complexity index is 898. The third-order valence-corrected chi connectivity index (χ3v) is 6.44. The van der Waals surface area contributed by atoms with Gasteiger partial charge in [-0.15, -0.1) is 0 Å². The summed E-state index contributed by atoms with van der Waals surface area (Å²) in [5.41, 5.74) is 1.88. The molecule has 1 saturated heterocycles. The molecule has 2 fully saturated rings. The minimum absolute atomic E-state index is 0.195. The van der Waals surface area contributed by atoms with Crippen LogP contribution in [0, 0.1) is 15.4 Å². The number of nitrogens with one attached hydrogen (secondary N) is 1. The van der Waals surface area contributed by atoms with Gasteiger partial charge in [0.05, 0.1) is 11.8 Å². The van der Waals surface area contributed by atoms with Crippen molar-refractivity contribution in [3.8, 4) is 0 Å². The van der Waals surface area contributed by atoms with Crippen molar-refractivity contribution < 1.29 is 14.4 Å². The summed E-state index contributed by atoms with van der Waals surface area (Å²) in [5, 5.41) is 2.76. The molecule has 4 rings (SSSR count). The lowest BCUT2D eigenvalue weighted by Crippen LogP contribution is -2.38. The van der Waals surface area contributed by atoms with Gasteiger partial charge in [0.2, 0.25) is 17.7 Å². The maximum Gasteiger partial charge on any atom is 0.244 e. The first kappa shape index (κ1) is 19.1. The van der Waals surface area contributed by atoms with Crippen molar-refractivity contribution in [1.82, 2.24) is 4.90 Å². The summed E-state index contributed by atoms with van der Waals surface area (Å²) in [6.07, 6.45) is 2.27. The minimum Gasteiger partial charge on any atom is -0.325 e. The van der Waals surface area contributed by atoms with E-state index in [-0.39, 0.29) is 36.1 Å². The standard InChI is InChI=1S/C22H21IN2O3/c23-16-7-9-17(10-8-16)24-20(26)13-25-21(27)18-11-6-15(12-19(18)22(25)28)14-4-2-1-3-5-14/h1-5,7-10,15,18-19H,6,11-13H2,(H,24,26)/t15-,18-,19-/m1/s1. The highest BCUT2D eigenvalue weighted by Crippen LogP contribution is 2.44. The van der Waals surface area contributed by atoms with Gasteiger partial charge in [-0.1, -0.05) is 30.3 Å². The molecule has 0 unspecified atom stereocenters. The topological polar surface area (TPSA) is 66.5 Å². The van der Waals surface area contributed by atoms with Gasteiger partial charge in [0.25, 0.3) is 0 Å². The summed E-state index contributed by atoms with van der Waals surface area (Å²) in [6, 6.07) is 17.5. The Balaban J connectivity index is 1.42. The zero-order valence-corrected chi connectivity index (χ0v) is 17.5. The number of rotatable bonds is 4. The van der Waals surface area contributed by atoms with Crippen molar-refractivity contribution in [2.45, 2.75) is 25.2 Å². The molecular formula is C22H21IN2O3. The number of hydrogen-bond acceptors (Lipinski definition) is 3. The van der Waals surface area contributed by atoms with E-state index in [4.69, 9.17) is 0 Å². The van der Waals surface area contributed by atoms with Crippen LogP contribution >= 0.6 is 22.6 Å². The molecule has 1 saturated carbocycles. The van der Waals surface area contributed by atoms with Gasteiger partial charge in [0.15, 0.2) is 0 Å². The molecule has 1 N–H and O–H groups in total. The number of imide groups is 1. The summed E-state index contributed by atoms with van der Waals surface area (Å²) in [7, 11) is 0. The fourth-order valence-electron chi connectivity index (χ4n) is 4.31. The Morgan fingerprint density at radius 3 is 2.36 bits per heavy atom. The van der Waals surface area contributed by atoms with E-state index < -0.39 is 0 Å². The smallest absolute Gasteiger partial charge is 0.244 e. The number of anilines is 1. The third-order valence-electron chi connectivity index (χ3n) is 5.72. The molecule has 1 aliphatic heterocycles. The fraction of sp³-hybridized carbons (Fsp3) is 0.318. The van der Waals surface area contributed by atoms with Crippen molar-refractivity contribution in [2.75, 3.05) is 11.9 Å². The number of likely N-dealkylation sites (tertiary alicyclic amines) is 1. The van der Waals surface area contributed by atoms with E-state index in [0.717, 1.165) is 14.9 Å². The van der Waals surface area contributed by atoms with Gasteiger partial charge in [0, 0.05) is 9.26 Å². The number of carbonyl (C=O) groups excluding carboxylic acids is 3. The highest BCUT2D eigenvalue weighted by molar-refractivity contribution is 14.1. The SMILES string of the molecule is O=C(CN1C(=O)[C@@H]2CC[C@@H](c3ccccc3)C[C@H]2C1=O)Nc1ccc(I)cc1. The molecule has 2 aliphatic rings. The molecule has 0 aromatic heterocycles. The molecule has 0 spiro atoms. The molecule has 3 atom stereocenters. The number of amides is 3. The number of fused-ring (bicyclic) bond motifs is 1. The van der Waals surface area contributed by atoms with Gasteiger partial charge in [0.1, 0.15) is 6.54 Å². The second-order valence-corrected chi connectivity index (χ2v) is 8.70. The monoisotopic (exact) mass is 488 g/mol. The van der Waals surface area contributed by atoms with Crippen molar-refractivity contribution in [2.24, 2.45) is 11.8 Å². The molecule has 2 aromatic rings. The highest BCUT2D eigenvalue weighted by Gasteiger charge is 2.50. The second kappa shape index (κ2) is 8.03. The quantitative estimate of drug-likeness (QED) is 0.526. The largest absolute Gasteiger partial charge is 0.325 e. The fourth-order valence-corrected chi connectivity index (χ4v) is 4.67. The van der Waals surface area contributed by atoms with Gasteiger partial charge in [-0.2, -0.15) is 0 Å². The Labute approximate surface area is 177 Å². The average molecular weight is 488 g/mol. The maximum absolute atomic E-state index is 12.9. The number of hydrogen-bond donors (Lipinski definition) is 1. The first-order chi connectivity index (χ1) is 13.5. The average Bonchev–Trinajstić information content (AvgIpc) is 2.95. The van der Waals surface area contributed by atoms with Gasteiger partial charge in [-0.05, 0) is 77.6 Å². The normalized spacial score (nSPS) is 24.2. The van der Waals surface area contributed by atoms with Crippen molar-refractivity contribution in [1.29, 1.82) is 0 Å². The van der Waals surface area contributed by atoms with Crippen LogP contribution in [-0.4, -0.2) is 29.2 Å². The lowest BCUT2D eigenvalue weighted by atomic mass is 9.73. The molecule has 144 valence electrons. The Morgan fingerprint density at radius 2 is 1.64 bits per heavy atom. The first-order valence-corrected chi connectivity index (χ1v) is 10.6. The summed E-state index contributed by atoms with van der Waals surface area (Å²) in [5.74, 6) is -1.04. The third kappa shape index (κ3) is 3.83. The zero-order valence-electron chi connectivity index (χ0n) is 15.3. The van der Waals surface area contributed by atoms with Gasteiger partial charge >= 0.3 is 0 Å². The van der Waals surface area contributed by atoms with E-state index in [9.17, 15) is 14.4 Å². The van der Waals surface area contributed by atoms with E-state index >= 15 is 0 Å². The zero-order chi connectivity index (χ0) is 19.7. The van der Waals surface area contributed by atoms with Crippen LogP contribution in [0.5, 0.6) is 0 Å². The van der Waals surface area contributed by atoms with Crippen LogP contribution in [0.15, 0.2) is 54.6 Å². The second-order valence-electron chi connectivity index (χ2n) is 7.45. The lowest BCUT2D eigenvalue weighted by Gasteiger charge is -2.28. The molecule has 0 radical (unpaired) electrons. The molecular weight excluding hydrogens is 467 g/mol. The van der Waals surface area contributed by atoms with E-state index in [1.54, 1.807) is 12.1 Å². The van der Waals surface area contributed by atoms with Crippen LogP contribution in [0.2, 0.25) is 0 Å². The Hall–Kier alpha value is -2.22. The van der Waals surface area contributed by atoms with E-state index in [2.05, 4.69) is 40.0 Å². The van der Waals surface area contributed by atoms with Crippen molar-refractivity contribution in [3.63, 3.8) is 0 Å². The maximum atomic E-state index is 12.9. The molecule has 3 amide bonds. The number of nitrogens with zero attached hydrogens (tertiary/aromatic N) is 1. The molecule has 2 aromatic carbocycles. The van der Waals surface area contributed by atoms with Gasteiger partial charge in [-0.3, -0.25) is 19.3 Å². The van der Waals surface area contributed by atoms with Crippen molar-refractivity contribution >= 4 is 46.0 Å². The Morgan fingerprint density at radius 1 is 0.964 bits per heavy atom. The molecule has 5 nitrogen and oxygen atoms in total. The summed E-state index contributed by atoms with van der Waals surface area (Å²) in [6.45, 7) is -0.216. The van der Waals surface area contributed by atoms with Gasteiger partial charge < -0.3 is 5.32 Å². The first-order valence-electron chi connectivity index (χ1n) is 9.48. The molecule has 28 heavy (non-hydrogen) atoms. The highest BCUT2D eigenvalue weighted by atomic mass is 127. The predicted molar refractivity (Wildman–Crippen MR) is 115 cm³/mol. The number of benzene rings is 2. The van der Waals surface area contributed by atoms with Crippen LogP contribution in [-0.2, 0) is 14.4 Å². The van der Waals surface area contributed by atoms with Gasteiger partial charge in [-0.25, -0.2) is 0 Å². The van der Waals surface area contributed by atoms with E-state index in [1.165, 1.54) is 5.56 Å². The number of halogens is 1. The minimum atomic E-state index is -0.346. The molecule has 0 bridgehead atoms. The van der Waals surface area contributed by atoms with Crippen LogP contribution in [0.1, 0.15) is 30.7 Å². The van der Waals surface area contributed by atoms with E-state index in [0.29, 0.717) is 24.4 Å². The predicted octanol–water partition coefficient (Wildman–Crippen LogP) is 3.80. The van der Waals surface area contributed by atoms with Crippen LogP contribution in [0.3, 0.4) is 0 Å². The number of carbonyl (C=O) groups is 3. The molecule has 1 aliphatic carbocycles. The van der Waals surface area contributed by atoms with Crippen LogP contribution in [0.25, 0.3) is 0 Å². The summed E-state index contributed by atoms with van der Waals surface area (Å²) in [4.78, 5) is 39.2. The van der Waals surface area contributed by atoms with Crippen LogP contribution < -0.4 is 5.32 Å². The summed E-state index contributed by atoms with van der Waals surface area (Å²) < 4.78 is 1.07.